The highest BCUT2D eigenvalue weighted by Crippen LogP contribution is 2.15. The Morgan fingerprint density at radius 3 is 2.47 bits per heavy atom. The van der Waals surface area contributed by atoms with E-state index in [1.165, 1.54) is 7.05 Å². The van der Waals surface area contributed by atoms with E-state index in [0.717, 1.165) is 4.74 Å². The van der Waals surface area contributed by atoms with Crippen molar-refractivity contribution >= 4 is 11.6 Å². The van der Waals surface area contributed by atoms with Crippen molar-refractivity contribution in [3.63, 3.8) is 0 Å². The summed E-state index contributed by atoms with van der Waals surface area (Å²) in [7, 11) is 1.37. The molecule has 0 spiro atoms. The number of hydrogen-bond donors (Lipinski definition) is 0. The average molecular weight is 227 g/mol. The summed E-state index contributed by atoms with van der Waals surface area (Å²) >= 11 is 5.69. The maximum absolute atomic E-state index is 11.5. The molecule has 0 unspecified atom stereocenters. The van der Waals surface area contributed by atoms with Gasteiger partial charge in [0.05, 0.1) is 0 Å². The van der Waals surface area contributed by atoms with Gasteiger partial charge in [-0.3, -0.25) is 4.63 Å². The number of benzene rings is 1. The maximum Gasteiger partial charge on any atom is 0.401 e. The summed E-state index contributed by atoms with van der Waals surface area (Å²) in [6.07, 6.45) is 0. The lowest BCUT2D eigenvalue weighted by atomic mass is 10.2. The molecule has 2 rings (SSSR count). The van der Waals surface area contributed by atoms with Crippen molar-refractivity contribution in [2.75, 3.05) is 0 Å². The molecule has 0 saturated carbocycles. The van der Waals surface area contributed by atoms with Gasteiger partial charge >= 0.3 is 5.56 Å². The number of aromatic nitrogens is 2. The second kappa shape index (κ2) is 3.43. The second-order valence-corrected chi connectivity index (χ2v) is 3.43. The van der Waals surface area contributed by atoms with Gasteiger partial charge in [-0.2, -0.15) is 0 Å². The summed E-state index contributed by atoms with van der Waals surface area (Å²) in [6, 6.07) is 6.37. The standard InChI is InChI=1S/C9H7ClN2O3/c1-11-9(13)8(12(14)15-11)6-2-4-7(10)5-3-6/h2-5H,1H3. The summed E-state index contributed by atoms with van der Waals surface area (Å²) in [5.41, 5.74) is -0.0507. The first-order valence-electron chi connectivity index (χ1n) is 4.16. The molecule has 15 heavy (non-hydrogen) atoms. The predicted octanol–water partition coefficient (Wildman–Crippen LogP) is 0.932. The highest BCUT2D eigenvalue weighted by molar-refractivity contribution is 6.30. The topological polar surface area (TPSA) is 62.1 Å². The molecule has 6 heteroatoms. The van der Waals surface area contributed by atoms with E-state index >= 15 is 0 Å². The van der Waals surface area contributed by atoms with Crippen molar-refractivity contribution < 1.29 is 9.53 Å². The van der Waals surface area contributed by atoms with Gasteiger partial charge in [0.2, 0.25) is 0 Å². The summed E-state index contributed by atoms with van der Waals surface area (Å²) in [6.45, 7) is 0. The normalized spacial score (nSPS) is 10.5. The van der Waals surface area contributed by atoms with Gasteiger partial charge in [-0.05, 0) is 29.2 Å². The molecule has 0 atom stereocenters. The van der Waals surface area contributed by atoms with Crippen LogP contribution in [0.4, 0.5) is 0 Å². The van der Waals surface area contributed by atoms with Crippen LogP contribution < -0.4 is 10.5 Å². The molecule has 1 heterocycles. The molecule has 1 aromatic carbocycles. The molecule has 0 saturated heterocycles. The van der Waals surface area contributed by atoms with Crippen molar-refractivity contribution in [3.05, 3.63) is 44.8 Å². The second-order valence-electron chi connectivity index (χ2n) is 3.00. The van der Waals surface area contributed by atoms with Crippen LogP contribution in [-0.4, -0.2) is 4.74 Å². The van der Waals surface area contributed by atoms with E-state index in [1.54, 1.807) is 24.3 Å². The largest absolute Gasteiger partial charge is 0.401 e. The van der Waals surface area contributed by atoms with E-state index in [2.05, 4.69) is 4.63 Å². The Balaban J connectivity index is 2.64. The van der Waals surface area contributed by atoms with Crippen LogP contribution in [0.5, 0.6) is 0 Å². The van der Waals surface area contributed by atoms with E-state index in [0.29, 0.717) is 10.6 Å². The van der Waals surface area contributed by atoms with Crippen LogP contribution in [0, 0.1) is 5.21 Å². The molecule has 0 N–H and O–H groups in total. The molecule has 0 aliphatic carbocycles. The first-order valence-corrected chi connectivity index (χ1v) is 4.53. The van der Waals surface area contributed by atoms with Crippen molar-refractivity contribution in [1.29, 1.82) is 0 Å². The average Bonchev–Trinajstić information content (AvgIpc) is 2.44. The summed E-state index contributed by atoms with van der Waals surface area (Å²) < 4.78 is 5.43. The predicted molar refractivity (Wildman–Crippen MR) is 53.4 cm³/mol. The SMILES string of the molecule is Cn1o[n+]([O-])c(-c2ccc(Cl)cc2)c1=O. The molecule has 0 amide bonds. The summed E-state index contributed by atoms with van der Waals surface area (Å²) in [5, 5.41) is 11.8. The number of halogens is 1. The number of rotatable bonds is 1. The minimum Gasteiger partial charge on any atom is -0.359 e. The number of aryl methyl sites for hydroxylation is 1. The van der Waals surface area contributed by atoms with E-state index in [4.69, 9.17) is 11.6 Å². The number of hydrogen-bond acceptors (Lipinski definition) is 3. The Labute approximate surface area is 89.6 Å². The minimum absolute atomic E-state index is 0.0471. The van der Waals surface area contributed by atoms with Gasteiger partial charge in [-0.15, -0.1) is 4.74 Å². The van der Waals surface area contributed by atoms with Crippen LogP contribution in [0.1, 0.15) is 0 Å². The molecule has 0 aliphatic heterocycles. The zero-order valence-corrected chi connectivity index (χ0v) is 8.56. The van der Waals surface area contributed by atoms with Gasteiger partial charge in [0.15, 0.2) is 0 Å². The van der Waals surface area contributed by atoms with Gasteiger partial charge in [-0.25, -0.2) is 4.79 Å². The highest BCUT2D eigenvalue weighted by atomic mass is 35.5. The zero-order valence-electron chi connectivity index (χ0n) is 7.81. The molecule has 2 aromatic rings. The Morgan fingerprint density at radius 2 is 2.00 bits per heavy atom. The molecule has 78 valence electrons. The van der Waals surface area contributed by atoms with E-state index in [-0.39, 0.29) is 10.6 Å². The smallest absolute Gasteiger partial charge is 0.359 e. The van der Waals surface area contributed by atoms with Crippen molar-refractivity contribution in [1.82, 2.24) is 4.74 Å². The van der Waals surface area contributed by atoms with Gasteiger partial charge in [-0.1, -0.05) is 11.6 Å². The molecule has 0 bridgehead atoms. The third kappa shape index (κ3) is 1.61. The van der Waals surface area contributed by atoms with Crippen LogP contribution in [0.15, 0.2) is 33.7 Å². The molecule has 5 nitrogen and oxygen atoms in total. The van der Waals surface area contributed by atoms with Crippen LogP contribution >= 0.6 is 11.6 Å². The summed E-state index contributed by atoms with van der Waals surface area (Å²) in [5.74, 6) is 0. The van der Waals surface area contributed by atoms with Crippen LogP contribution in [0.2, 0.25) is 5.02 Å². The van der Waals surface area contributed by atoms with Gasteiger partial charge in [0.25, 0.3) is 5.69 Å². The Hall–Kier alpha value is -1.75. The van der Waals surface area contributed by atoms with Gasteiger partial charge in [0, 0.05) is 10.6 Å². The third-order valence-electron chi connectivity index (χ3n) is 1.99. The molecule has 0 fully saturated rings. The molecule has 0 radical (unpaired) electrons. The highest BCUT2D eigenvalue weighted by Gasteiger charge is 2.17. The molecular formula is C9H7ClN2O3. The molecular weight excluding hydrogens is 220 g/mol. The lowest BCUT2D eigenvalue weighted by Gasteiger charge is -1.95. The molecule has 1 aromatic heterocycles. The Bertz CT molecular complexity index is 541. The zero-order chi connectivity index (χ0) is 11.0. The van der Waals surface area contributed by atoms with Gasteiger partial charge in [0.1, 0.15) is 7.05 Å². The fourth-order valence-corrected chi connectivity index (χ4v) is 1.38. The monoisotopic (exact) mass is 226 g/mol. The Kier molecular flexibility index (Phi) is 2.24. The lowest BCUT2D eigenvalue weighted by Crippen LogP contribution is -2.27. The van der Waals surface area contributed by atoms with Crippen molar-refractivity contribution in [3.8, 4) is 11.3 Å². The van der Waals surface area contributed by atoms with E-state index in [1.807, 2.05) is 0 Å². The number of nitrogens with zero attached hydrogens (tertiary/aromatic N) is 2. The fourth-order valence-electron chi connectivity index (χ4n) is 1.25. The lowest BCUT2D eigenvalue weighted by molar-refractivity contribution is -0.798. The quantitative estimate of drug-likeness (QED) is 0.680. The van der Waals surface area contributed by atoms with E-state index in [9.17, 15) is 10.0 Å². The van der Waals surface area contributed by atoms with Crippen molar-refractivity contribution in [2.45, 2.75) is 0 Å². The first kappa shape index (κ1) is 9.79. The fraction of sp³-hybridized carbons (Fsp3) is 0.111. The van der Waals surface area contributed by atoms with Crippen molar-refractivity contribution in [2.24, 2.45) is 7.05 Å². The maximum atomic E-state index is 11.5. The van der Waals surface area contributed by atoms with Crippen LogP contribution in [0.3, 0.4) is 0 Å². The minimum atomic E-state index is -0.479. The van der Waals surface area contributed by atoms with E-state index < -0.39 is 5.56 Å². The van der Waals surface area contributed by atoms with Crippen LogP contribution in [0.25, 0.3) is 11.3 Å². The van der Waals surface area contributed by atoms with Gasteiger partial charge < -0.3 is 5.21 Å². The summed E-state index contributed by atoms with van der Waals surface area (Å²) in [4.78, 5) is 11.7. The Morgan fingerprint density at radius 1 is 1.40 bits per heavy atom. The molecule has 0 aliphatic rings. The first-order chi connectivity index (χ1) is 7.09. The third-order valence-corrected chi connectivity index (χ3v) is 2.24. The van der Waals surface area contributed by atoms with Crippen LogP contribution in [-0.2, 0) is 7.05 Å².